The van der Waals surface area contributed by atoms with E-state index in [1.54, 1.807) is 0 Å². The Balaban J connectivity index is 4.95. The molecule has 396 valence electrons. The zero-order valence-corrected chi connectivity index (χ0v) is 46.2. The van der Waals surface area contributed by atoms with Crippen molar-refractivity contribution in [1.29, 1.82) is 0 Å². The molecule has 0 unspecified atom stereocenters. The summed E-state index contributed by atoms with van der Waals surface area (Å²) in [7, 11) is 0. The van der Waals surface area contributed by atoms with Crippen molar-refractivity contribution in [3.63, 3.8) is 0 Å². The van der Waals surface area contributed by atoms with Crippen LogP contribution in [0.4, 0.5) is 0 Å². The Hall–Kier alpha value is -1.77. The first-order valence-corrected chi connectivity index (χ1v) is 30.4. The van der Waals surface area contributed by atoms with Gasteiger partial charge in [0.05, 0.1) is 0 Å². The standard InChI is InChI=1S/C58H113N3O5S/c1-7-10-13-16-19-22-25-28-31-34-37-40-43-46-49-59-56(64)52(60-54(62)47-44-41-38-35-32-29-26-23-20-17-14-11-8-2)50-67-51-53(57(65)66-58(4,5)6)61-55(63)48-45-42-39-36-33-30-27-24-21-18-15-12-9-3/h52-53H,7-51H2,1-6H3,(H,59,64)(H,60,62)(H,61,63)/t52-,53-/m0/s1. The Labute approximate surface area is 420 Å². The zero-order chi connectivity index (χ0) is 49.3. The molecule has 0 aliphatic rings. The van der Waals surface area contributed by atoms with Gasteiger partial charge < -0.3 is 20.7 Å². The maximum absolute atomic E-state index is 13.6. The topological polar surface area (TPSA) is 114 Å². The highest BCUT2D eigenvalue weighted by molar-refractivity contribution is 7.99. The molecule has 3 amide bonds. The predicted molar refractivity (Wildman–Crippen MR) is 291 cm³/mol. The zero-order valence-electron chi connectivity index (χ0n) is 45.4. The van der Waals surface area contributed by atoms with Crippen LogP contribution in [0.1, 0.15) is 311 Å². The molecule has 0 rings (SSSR count). The number of hydrogen-bond donors (Lipinski definition) is 3. The van der Waals surface area contributed by atoms with Gasteiger partial charge in [-0.15, -0.1) is 0 Å². The van der Waals surface area contributed by atoms with Gasteiger partial charge in [-0.05, 0) is 40.0 Å². The number of thioether (sulfide) groups is 1. The summed E-state index contributed by atoms with van der Waals surface area (Å²) < 4.78 is 5.73. The number of rotatable bonds is 51. The SMILES string of the molecule is CCCCCCCCCCCCCCCCNC(=O)[C@H](CSC[C@H](NC(=O)CCCCCCCCCCCCCCC)C(=O)OC(C)(C)C)NC(=O)CCCCCCCCCCCCCCC. The Bertz CT molecular complexity index is 1130. The van der Waals surface area contributed by atoms with Gasteiger partial charge in [0.15, 0.2) is 0 Å². The summed E-state index contributed by atoms with van der Waals surface area (Å²) >= 11 is 1.40. The van der Waals surface area contributed by atoms with Gasteiger partial charge in [-0.2, -0.15) is 11.8 Å². The summed E-state index contributed by atoms with van der Waals surface area (Å²) in [6.45, 7) is 12.9. The van der Waals surface area contributed by atoms with Crippen LogP contribution in [0.5, 0.6) is 0 Å². The van der Waals surface area contributed by atoms with E-state index in [4.69, 9.17) is 4.74 Å². The fourth-order valence-electron chi connectivity index (χ4n) is 8.82. The number of carbonyl (C=O) groups is 4. The van der Waals surface area contributed by atoms with E-state index in [0.717, 1.165) is 51.4 Å². The Morgan fingerprint density at radius 2 is 0.657 bits per heavy atom. The van der Waals surface area contributed by atoms with E-state index >= 15 is 0 Å². The lowest BCUT2D eigenvalue weighted by molar-refractivity contribution is -0.157. The van der Waals surface area contributed by atoms with Crippen LogP contribution < -0.4 is 16.0 Å². The number of carbonyl (C=O) groups excluding carboxylic acids is 4. The second-order valence-electron chi connectivity index (χ2n) is 21.2. The van der Waals surface area contributed by atoms with Crippen LogP contribution >= 0.6 is 11.8 Å². The molecule has 2 atom stereocenters. The largest absolute Gasteiger partial charge is 0.458 e. The monoisotopic (exact) mass is 964 g/mol. The van der Waals surface area contributed by atoms with Crippen LogP contribution in [0, 0.1) is 0 Å². The Morgan fingerprint density at radius 3 is 0.970 bits per heavy atom. The van der Waals surface area contributed by atoms with E-state index in [1.807, 2.05) is 20.8 Å². The minimum absolute atomic E-state index is 0.102. The second kappa shape index (κ2) is 49.2. The van der Waals surface area contributed by atoms with Crippen molar-refractivity contribution >= 4 is 35.5 Å². The summed E-state index contributed by atoms with van der Waals surface area (Å²) in [5.41, 5.74) is -0.697. The van der Waals surface area contributed by atoms with Crippen molar-refractivity contribution in [3.8, 4) is 0 Å². The molecule has 3 N–H and O–H groups in total. The lowest BCUT2D eigenvalue weighted by Gasteiger charge is -2.25. The number of esters is 1. The highest BCUT2D eigenvalue weighted by Gasteiger charge is 2.28. The molecule has 9 heteroatoms. The third-order valence-electron chi connectivity index (χ3n) is 13.1. The van der Waals surface area contributed by atoms with Gasteiger partial charge in [-0.3, -0.25) is 14.4 Å². The summed E-state index contributed by atoms with van der Waals surface area (Å²) in [6, 6.07) is -1.55. The van der Waals surface area contributed by atoms with Gasteiger partial charge in [0, 0.05) is 30.9 Å². The minimum Gasteiger partial charge on any atom is -0.458 e. The maximum Gasteiger partial charge on any atom is 0.330 e. The van der Waals surface area contributed by atoms with Gasteiger partial charge in [-0.1, -0.05) is 258 Å². The number of ether oxygens (including phenoxy) is 1. The molecular weight excluding hydrogens is 851 g/mol. The molecule has 0 spiro atoms. The van der Waals surface area contributed by atoms with Crippen molar-refractivity contribution < 1.29 is 23.9 Å². The minimum atomic E-state index is -0.834. The molecule has 0 radical (unpaired) electrons. The fourth-order valence-corrected chi connectivity index (χ4v) is 9.88. The maximum atomic E-state index is 13.6. The Morgan fingerprint density at radius 1 is 0.388 bits per heavy atom. The van der Waals surface area contributed by atoms with E-state index in [0.29, 0.717) is 25.1 Å². The molecular formula is C58H113N3O5S. The fraction of sp³-hybridized carbons (Fsp3) is 0.931. The average molecular weight is 965 g/mol. The lowest BCUT2D eigenvalue weighted by atomic mass is 10.0. The normalized spacial score (nSPS) is 12.5. The summed E-state index contributed by atoms with van der Waals surface area (Å²) in [5.74, 6) is -0.326. The predicted octanol–water partition coefficient (Wildman–Crippen LogP) is 16.6. The number of unbranched alkanes of at least 4 members (excludes halogenated alkanes) is 37. The molecule has 0 saturated carbocycles. The van der Waals surface area contributed by atoms with E-state index in [1.165, 1.54) is 217 Å². The van der Waals surface area contributed by atoms with Crippen LogP contribution in [0.15, 0.2) is 0 Å². The number of hydrogen-bond acceptors (Lipinski definition) is 6. The van der Waals surface area contributed by atoms with Gasteiger partial charge in [0.25, 0.3) is 0 Å². The molecule has 0 aliphatic carbocycles. The molecule has 0 heterocycles. The van der Waals surface area contributed by atoms with Crippen LogP contribution in [0.2, 0.25) is 0 Å². The third kappa shape index (κ3) is 47.7. The van der Waals surface area contributed by atoms with Crippen molar-refractivity contribution in [3.05, 3.63) is 0 Å². The second-order valence-corrected chi connectivity index (χ2v) is 22.3. The molecule has 0 fully saturated rings. The van der Waals surface area contributed by atoms with Crippen LogP contribution in [0.3, 0.4) is 0 Å². The van der Waals surface area contributed by atoms with Crippen LogP contribution in [-0.4, -0.2) is 59.4 Å². The molecule has 0 saturated heterocycles. The van der Waals surface area contributed by atoms with Gasteiger partial charge in [0.1, 0.15) is 17.7 Å². The quantitative estimate of drug-likeness (QED) is 0.0413. The van der Waals surface area contributed by atoms with E-state index < -0.39 is 23.7 Å². The third-order valence-corrected chi connectivity index (χ3v) is 14.2. The average Bonchev–Trinajstić information content (AvgIpc) is 3.29. The van der Waals surface area contributed by atoms with Gasteiger partial charge in [0.2, 0.25) is 17.7 Å². The molecule has 67 heavy (non-hydrogen) atoms. The highest BCUT2D eigenvalue weighted by Crippen LogP contribution is 2.18. The van der Waals surface area contributed by atoms with E-state index in [9.17, 15) is 19.2 Å². The van der Waals surface area contributed by atoms with Crippen molar-refractivity contribution in [2.75, 3.05) is 18.1 Å². The first kappa shape index (κ1) is 65.2. The highest BCUT2D eigenvalue weighted by atomic mass is 32.2. The van der Waals surface area contributed by atoms with Crippen molar-refractivity contribution in [1.82, 2.24) is 16.0 Å². The first-order chi connectivity index (χ1) is 32.5. The summed E-state index contributed by atoms with van der Waals surface area (Å²) in [5, 5.41) is 9.10. The van der Waals surface area contributed by atoms with E-state index in [2.05, 4.69) is 36.7 Å². The van der Waals surface area contributed by atoms with Crippen LogP contribution in [-0.2, 0) is 23.9 Å². The van der Waals surface area contributed by atoms with Crippen LogP contribution in [0.25, 0.3) is 0 Å². The molecule has 0 bridgehead atoms. The smallest absolute Gasteiger partial charge is 0.330 e. The first-order valence-electron chi connectivity index (χ1n) is 29.2. The summed E-state index contributed by atoms with van der Waals surface area (Å²) in [4.78, 5) is 53.2. The van der Waals surface area contributed by atoms with Crippen molar-refractivity contribution in [2.24, 2.45) is 0 Å². The molecule has 8 nitrogen and oxygen atoms in total. The number of amides is 3. The van der Waals surface area contributed by atoms with E-state index in [-0.39, 0.29) is 23.5 Å². The summed E-state index contributed by atoms with van der Waals surface area (Å²) in [6.07, 6.45) is 51.1. The molecule has 0 aromatic carbocycles. The molecule has 0 aromatic rings. The van der Waals surface area contributed by atoms with Crippen molar-refractivity contribution in [2.45, 2.75) is 329 Å². The molecule has 0 aromatic heterocycles. The van der Waals surface area contributed by atoms with Gasteiger partial charge >= 0.3 is 5.97 Å². The number of nitrogens with one attached hydrogen (secondary N) is 3. The molecule has 0 aliphatic heterocycles. The lowest BCUT2D eigenvalue weighted by Crippen LogP contribution is -2.49. The van der Waals surface area contributed by atoms with Gasteiger partial charge in [-0.25, -0.2) is 4.79 Å². The Kier molecular flexibility index (Phi) is 47.9.